The lowest BCUT2D eigenvalue weighted by atomic mass is 10.1. The highest BCUT2D eigenvalue weighted by Gasteiger charge is 2.28. The number of fused-ring (bicyclic) bond motifs is 2. The summed E-state index contributed by atoms with van der Waals surface area (Å²) in [4.78, 5) is 24.7. The summed E-state index contributed by atoms with van der Waals surface area (Å²) in [6.07, 6.45) is -0.432. The molecule has 0 spiro atoms. The minimum Gasteiger partial charge on any atom is -0.486 e. The van der Waals surface area contributed by atoms with Crippen LogP contribution in [0.15, 0.2) is 48.5 Å². The molecule has 0 bridgehead atoms. The van der Waals surface area contributed by atoms with Crippen LogP contribution < -0.4 is 29.6 Å². The SMILES string of the molecule is C[C@@H](NC(=O)CCC(=O)N[C@H](C)[C@@H]1COc2ccccc2O1)[C@@H]1COc2ccccc2O1. The molecule has 32 heavy (non-hydrogen) atoms. The molecule has 0 radical (unpaired) electrons. The van der Waals surface area contributed by atoms with E-state index < -0.39 is 0 Å². The first-order chi connectivity index (χ1) is 15.5. The van der Waals surface area contributed by atoms with Gasteiger partial charge >= 0.3 is 0 Å². The Kier molecular flexibility index (Phi) is 6.68. The lowest BCUT2D eigenvalue weighted by Crippen LogP contribution is -2.49. The Labute approximate surface area is 187 Å². The van der Waals surface area contributed by atoms with Gasteiger partial charge in [-0.1, -0.05) is 24.3 Å². The first-order valence-corrected chi connectivity index (χ1v) is 10.9. The summed E-state index contributed by atoms with van der Waals surface area (Å²) >= 11 is 0. The zero-order valence-corrected chi connectivity index (χ0v) is 18.2. The van der Waals surface area contributed by atoms with E-state index in [4.69, 9.17) is 18.9 Å². The van der Waals surface area contributed by atoms with Crippen molar-refractivity contribution in [2.24, 2.45) is 0 Å². The maximum Gasteiger partial charge on any atom is 0.220 e. The van der Waals surface area contributed by atoms with Crippen LogP contribution >= 0.6 is 0 Å². The van der Waals surface area contributed by atoms with Gasteiger partial charge in [-0.05, 0) is 38.1 Å². The van der Waals surface area contributed by atoms with E-state index in [1.165, 1.54) is 0 Å². The Bertz CT molecular complexity index is 888. The monoisotopic (exact) mass is 440 g/mol. The van der Waals surface area contributed by atoms with Gasteiger partial charge in [0.1, 0.15) is 13.2 Å². The van der Waals surface area contributed by atoms with E-state index in [-0.39, 0.29) is 48.9 Å². The van der Waals surface area contributed by atoms with E-state index in [1.54, 1.807) is 0 Å². The highest BCUT2D eigenvalue weighted by Crippen LogP contribution is 2.32. The molecule has 2 aliphatic rings. The number of ether oxygens (including phenoxy) is 4. The minimum absolute atomic E-state index is 0.0813. The van der Waals surface area contributed by atoms with E-state index in [9.17, 15) is 9.59 Å². The number of benzene rings is 2. The van der Waals surface area contributed by atoms with Gasteiger partial charge in [0.25, 0.3) is 0 Å². The molecule has 0 aromatic heterocycles. The molecule has 2 amide bonds. The number of hydrogen-bond donors (Lipinski definition) is 2. The largest absolute Gasteiger partial charge is 0.486 e. The highest BCUT2D eigenvalue weighted by molar-refractivity contribution is 5.84. The molecular formula is C24H28N2O6. The molecular weight excluding hydrogens is 412 g/mol. The molecule has 170 valence electrons. The zero-order chi connectivity index (χ0) is 22.5. The summed E-state index contributed by atoms with van der Waals surface area (Å²) in [6.45, 7) is 4.42. The highest BCUT2D eigenvalue weighted by atomic mass is 16.6. The summed E-state index contributed by atoms with van der Waals surface area (Å²) in [7, 11) is 0. The third-order valence-corrected chi connectivity index (χ3v) is 5.53. The first kappa shape index (κ1) is 21.8. The molecule has 2 N–H and O–H groups in total. The van der Waals surface area contributed by atoms with Crippen LogP contribution in [-0.2, 0) is 9.59 Å². The van der Waals surface area contributed by atoms with Gasteiger partial charge in [0, 0.05) is 12.8 Å². The molecule has 0 unspecified atom stereocenters. The number of rotatable bonds is 7. The van der Waals surface area contributed by atoms with Crippen LogP contribution in [0.3, 0.4) is 0 Å². The van der Waals surface area contributed by atoms with E-state index in [2.05, 4.69) is 10.6 Å². The van der Waals surface area contributed by atoms with Gasteiger partial charge in [-0.25, -0.2) is 0 Å². The lowest BCUT2D eigenvalue weighted by Gasteiger charge is -2.31. The Morgan fingerprint density at radius 3 is 1.53 bits per heavy atom. The van der Waals surface area contributed by atoms with E-state index >= 15 is 0 Å². The second-order valence-electron chi connectivity index (χ2n) is 8.04. The average molecular weight is 440 g/mol. The molecule has 4 atom stereocenters. The Balaban J connectivity index is 1.18. The standard InChI is InChI=1S/C24H28N2O6/c1-15(21-13-29-17-7-3-5-9-19(17)31-21)25-23(27)11-12-24(28)26-16(2)22-14-30-18-8-4-6-10-20(18)32-22/h3-10,15-16,21-22H,11-14H2,1-2H3,(H,25,27)(H,26,28)/t15-,16-,21+,22+/m1/s1. The van der Waals surface area contributed by atoms with Gasteiger partial charge in [-0.2, -0.15) is 0 Å². The van der Waals surface area contributed by atoms with Gasteiger partial charge in [-0.15, -0.1) is 0 Å². The Morgan fingerprint density at radius 1 is 0.750 bits per heavy atom. The number of carbonyl (C=O) groups is 2. The van der Waals surface area contributed by atoms with Gasteiger partial charge in [-0.3, -0.25) is 9.59 Å². The van der Waals surface area contributed by atoms with Crippen LogP contribution in [0, 0.1) is 0 Å². The maximum absolute atomic E-state index is 12.3. The van der Waals surface area contributed by atoms with Crippen LogP contribution in [0.2, 0.25) is 0 Å². The molecule has 2 aliphatic heterocycles. The molecule has 2 aromatic carbocycles. The van der Waals surface area contributed by atoms with Crippen molar-refractivity contribution < 1.29 is 28.5 Å². The van der Waals surface area contributed by atoms with Crippen LogP contribution in [-0.4, -0.2) is 49.3 Å². The molecule has 0 saturated carbocycles. The minimum atomic E-state index is -0.297. The van der Waals surface area contributed by atoms with Crippen molar-refractivity contribution in [1.82, 2.24) is 10.6 Å². The first-order valence-electron chi connectivity index (χ1n) is 10.9. The normalized spacial score (nSPS) is 20.6. The Hall–Kier alpha value is -3.42. The second kappa shape index (κ2) is 9.80. The van der Waals surface area contributed by atoms with Crippen molar-refractivity contribution in [2.75, 3.05) is 13.2 Å². The van der Waals surface area contributed by atoms with Crippen molar-refractivity contribution in [3.63, 3.8) is 0 Å². The summed E-state index contributed by atoms with van der Waals surface area (Å²) in [6, 6.07) is 14.3. The van der Waals surface area contributed by atoms with Crippen molar-refractivity contribution >= 4 is 11.8 Å². The average Bonchev–Trinajstić information content (AvgIpc) is 2.82. The number of hydrogen-bond acceptors (Lipinski definition) is 6. The van der Waals surface area contributed by atoms with Crippen LogP contribution in [0.4, 0.5) is 0 Å². The fraction of sp³-hybridized carbons (Fsp3) is 0.417. The third kappa shape index (κ3) is 5.25. The second-order valence-corrected chi connectivity index (χ2v) is 8.04. The van der Waals surface area contributed by atoms with Crippen molar-refractivity contribution in [2.45, 2.75) is 51.0 Å². The number of para-hydroxylation sites is 4. The predicted molar refractivity (Wildman–Crippen MR) is 117 cm³/mol. The summed E-state index contributed by atoms with van der Waals surface area (Å²) in [5.41, 5.74) is 0. The molecule has 0 saturated heterocycles. The lowest BCUT2D eigenvalue weighted by molar-refractivity contribution is -0.128. The van der Waals surface area contributed by atoms with Gasteiger partial charge in [0.2, 0.25) is 11.8 Å². The summed E-state index contributed by atoms with van der Waals surface area (Å²) < 4.78 is 23.2. The van der Waals surface area contributed by atoms with E-state index in [0.717, 1.165) is 0 Å². The van der Waals surface area contributed by atoms with E-state index in [0.29, 0.717) is 36.2 Å². The zero-order valence-electron chi connectivity index (χ0n) is 18.2. The van der Waals surface area contributed by atoms with Gasteiger partial charge in [0.05, 0.1) is 12.1 Å². The predicted octanol–water partition coefficient (Wildman–Crippen LogP) is 2.46. The fourth-order valence-electron chi connectivity index (χ4n) is 3.63. The molecule has 8 heteroatoms. The van der Waals surface area contributed by atoms with Crippen molar-refractivity contribution in [3.8, 4) is 23.0 Å². The van der Waals surface area contributed by atoms with Gasteiger partial charge in [0.15, 0.2) is 35.2 Å². The smallest absolute Gasteiger partial charge is 0.220 e. The fourth-order valence-corrected chi connectivity index (χ4v) is 3.63. The molecule has 2 aromatic rings. The number of carbonyl (C=O) groups excluding carboxylic acids is 2. The third-order valence-electron chi connectivity index (χ3n) is 5.53. The number of amides is 2. The number of nitrogens with one attached hydrogen (secondary N) is 2. The molecule has 4 rings (SSSR count). The topological polar surface area (TPSA) is 95.1 Å². The van der Waals surface area contributed by atoms with Crippen LogP contribution in [0.25, 0.3) is 0 Å². The summed E-state index contributed by atoms with van der Waals surface area (Å²) in [5, 5.41) is 5.79. The van der Waals surface area contributed by atoms with Gasteiger partial charge < -0.3 is 29.6 Å². The van der Waals surface area contributed by atoms with Crippen molar-refractivity contribution in [3.05, 3.63) is 48.5 Å². The molecule has 2 heterocycles. The molecule has 0 fully saturated rings. The quantitative estimate of drug-likeness (QED) is 0.687. The molecule has 8 nitrogen and oxygen atoms in total. The Morgan fingerprint density at radius 2 is 1.12 bits per heavy atom. The van der Waals surface area contributed by atoms with Crippen LogP contribution in [0.5, 0.6) is 23.0 Å². The van der Waals surface area contributed by atoms with E-state index in [1.807, 2.05) is 62.4 Å². The van der Waals surface area contributed by atoms with Crippen molar-refractivity contribution in [1.29, 1.82) is 0 Å². The summed E-state index contributed by atoms with van der Waals surface area (Å²) in [5.74, 6) is 2.29. The maximum atomic E-state index is 12.3. The van der Waals surface area contributed by atoms with Crippen LogP contribution in [0.1, 0.15) is 26.7 Å². The molecule has 0 aliphatic carbocycles.